The third kappa shape index (κ3) is 7.90. The van der Waals surface area contributed by atoms with Gasteiger partial charge < -0.3 is 54.3 Å². The highest BCUT2D eigenvalue weighted by atomic mass is 16.7. The van der Waals surface area contributed by atoms with Gasteiger partial charge in [0.2, 0.25) is 0 Å². The summed E-state index contributed by atoms with van der Waals surface area (Å²) in [7, 11) is 0. The second kappa shape index (κ2) is 15.4. The van der Waals surface area contributed by atoms with Crippen molar-refractivity contribution in [3.63, 3.8) is 0 Å². The summed E-state index contributed by atoms with van der Waals surface area (Å²) in [6.07, 6.45) is -5.32. The van der Waals surface area contributed by atoms with Crippen LogP contribution in [-0.4, -0.2) is 118 Å². The molecule has 0 amide bonds. The molecular formula is C23H42O11. The Hall–Kier alpha value is -0.700. The maximum Gasteiger partial charge on any atom is 0.187 e. The van der Waals surface area contributed by atoms with Crippen LogP contribution in [-0.2, 0) is 23.7 Å². The molecule has 10 atom stereocenters. The lowest BCUT2D eigenvalue weighted by atomic mass is 9.97. The molecule has 0 unspecified atom stereocenters. The van der Waals surface area contributed by atoms with Crippen molar-refractivity contribution in [3.05, 3.63) is 12.7 Å². The smallest absolute Gasteiger partial charge is 0.187 e. The van der Waals surface area contributed by atoms with Gasteiger partial charge in [0.25, 0.3) is 0 Å². The Morgan fingerprint density at radius 1 is 0.735 bits per heavy atom. The van der Waals surface area contributed by atoms with Crippen molar-refractivity contribution in [1.82, 2.24) is 0 Å². The van der Waals surface area contributed by atoms with E-state index in [2.05, 4.69) is 13.5 Å². The quantitative estimate of drug-likeness (QED) is 0.125. The second-order valence-corrected chi connectivity index (χ2v) is 8.74. The third-order valence-electron chi connectivity index (χ3n) is 6.12. The van der Waals surface area contributed by atoms with Gasteiger partial charge in [-0.05, 0) is 6.42 Å². The Morgan fingerprint density at radius 3 is 2.03 bits per heavy atom. The summed E-state index contributed by atoms with van der Waals surface area (Å²) in [4.78, 5) is 0. The summed E-state index contributed by atoms with van der Waals surface area (Å²) in [6, 6.07) is 0. The molecule has 0 saturated carbocycles. The third-order valence-corrected chi connectivity index (χ3v) is 6.12. The molecule has 2 heterocycles. The molecule has 2 rings (SSSR count). The summed E-state index contributed by atoms with van der Waals surface area (Å²) >= 11 is 0. The zero-order valence-corrected chi connectivity index (χ0v) is 19.9. The van der Waals surface area contributed by atoms with E-state index in [-0.39, 0.29) is 6.61 Å². The van der Waals surface area contributed by atoms with E-state index in [1.165, 1.54) is 12.5 Å². The van der Waals surface area contributed by atoms with E-state index in [0.29, 0.717) is 6.61 Å². The topological polar surface area (TPSA) is 168 Å². The first-order valence-electron chi connectivity index (χ1n) is 12.1. The number of hydrogen-bond donors (Lipinski definition) is 6. The van der Waals surface area contributed by atoms with Gasteiger partial charge in [-0.15, -0.1) is 6.58 Å². The molecule has 11 nitrogen and oxygen atoms in total. The monoisotopic (exact) mass is 494 g/mol. The highest BCUT2D eigenvalue weighted by Gasteiger charge is 2.51. The van der Waals surface area contributed by atoms with Crippen molar-refractivity contribution in [1.29, 1.82) is 0 Å². The molecule has 0 aromatic heterocycles. The lowest BCUT2D eigenvalue weighted by molar-refractivity contribution is -0.361. The minimum atomic E-state index is -1.52. The minimum Gasteiger partial charge on any atom is -0.394 e. The summed E-state index contributed by atoms with van der Waals surface area (Å²) in [6.45, 7) is 4.88. The normalized spacial score (nSPS) is 38.7. The van der Waals surface area contributed by atoms with Crippen LogP contribution >= 0.6 is 0 Å². The van der Waals surface area contributed by atoms with Crippen LogP contribution in [0.15, 0.2) is 12.7 Å². The van der Waals surface area contributed by atoms with Gasteiger partial charge in [0.1, 0.15) is 48.8 Å². The fourth-order valence-corrected chi connectivity index (χ4v) is 4.14. The summed E-state index contributed by atoms with van der Waals surface area (Å²) < 4.78 is 27.8. The van der Waals surface area contributed by atoms with E-state index in [4.69, 9.17) is 23.7 Å². The van der Waals surface area contributed by atoms with Gasteiger partial charge in [0, 0.05) is 6.61 Å². The van der Waals surface area contributed by atoms with E-state index in [0.717, 1.165) is 32.1 Å². The standard InChI is InChI=1S/C23H42O11/c1-3-5-6-7-8-9-11-31-22-18(28)17(27)20(15(13-25)33-22)34-23-19(29)21(30-10-4-2)16(26)14(12-24)32-23/h4,14-29H,2-3,5-13H2,1H3/t14-,15-,16+,17-,18-,19-,20-,21+,22-,23+/m1/s1. The molecule has 200 valence electrons. The molecule has 34 heavy (non-hydrogen) atoms. The zero-order chi connectivity index (χ0) is 25.1. The number of ether oxygens (including phenoxy) is 5. The molecule has 11 heteroatoms. The number of hydrogen-bond acceptors (Lipinski definition) is 11. The van der Waals surface area contributed by atoms with Crippen LogP contribution in [0.1, 0.15) is 45.4 Å². The Morgan fingerprint density at radius 2 is 1.38 bits per heavy atom. The molecular weight excluding hydrogens is 452 g/mol. The largest absolute Gasteiger partial charge is 0.394 e. The van der Waals surface area contributed by atoms with Crippen molar-refractivity contribution in [2.45, 2.75) is 107 Å². The van der Waals surface area contributed by atoms with Gasteiger partial charge in [-0.2, -0.15) is 0 Å². The Labute approximate surface area is 200 Å². The highest BCUT2D eigenvalue weighted by molar-refractivity contribution is 4.95. The van der Waals surface area contributed by atoms with Gasteiger partial charge in [0.15, 0.2) is 12.6 Å². The highest BCUT2D eigenvalue weighted by Crippen LogP contribution is 2.30. The molecule has 0 aromatic rings. The molecule has 0 aliphatic carbocycles. The van der Waals surface area contributed by atoms with E-state index in [1.54, 1.807) is 0 Å². The first-order valence-corrected chi connectivity index (χ1v) is 12.1. The predicted octanol–water partition coefficient (Wildman–Crippen LogP) is -0.802. The van der Waals surface area contributed by atoms with Crippen LogP contribution in [0.25, 0.3) is 0 Å². The molecule has 2 fully saturated rings. The van der Waals surface area contributed by atoms with Crippen molar-refractivity contribution >= 4 is 0 Å². The average molecular weight is 495 g/mol. The first-order chi connectivity index (χ1) is 16.4. The molecule has 0 bridgehead atoms. The van der Waals surface area contributed by atoms with Gasteiger partial charge in [-0.3, -0.25) is 0 Å². The molecule has 2 aliphatic rings. The number of rotatable bonds is 15. The van der Waals surface area contributed by atoms with Crippen molar-refractivity contribution in [3.8, 4) is 0 Å². The Bertz CT molecular complexity index is 563. The summed E-state index contributed by atoms with van der Waals surface area (Å²) in [5, 5.41) is 61.5. The fourth-order valence-electron chi connectivity index (χ4n) is 4.14. The zero-order valence-electron chi connectivity index (χ0n) is 19.9. The summed E-state index contributed by atoms with van der Waals surface area (Å²) in [5.74, 6) is 0. The maximum absolute atomic E-state index is 10.7. The number of aliphatic hydroxyl groups excluding tert-OH is 6. The van der Waals surface area contributed by atoms with Crippen LogP contribution in [0.3, 0.4) is 0 Å². The van der Waals surface area contributed by atoms with Crippen LogP contribution in [0.5, 0.6) is 0 Å². The Kier molecular flexibility index (Phi) is 13.4. The molecule has 2 aliphatic heterocycles. The Balaban J connectivity index is 1.96. The van der Waals surface area contributed by atoms with Gasteiger partial charge in [-0.25, -0.2) is 0 Å². The van der Waals surface area contributed by atoms with Crippen molar-refractivity contribution in [2.75, 3.05) is 26.4 Å². The van der Waals surface area contributed by atoms with Crippen molar-refractivity contribution < 1.29 is 54.3 Å². The summed E-state index contributed by atoms with van der Waals surface area (Å²) in [5.41, 5.74) is 0. The fraction of sp³-hybridized carbons (Fsp3) is 0.913. The first kappa shape index (κ1) is 29.5. The van der Waals surface area contributed by atoms with Crippen LogP contribution in [0.2, 0.25) is 0 Å². The SMILES string of the molecule is C=CCO[C@H]1[C@@H](O)[C@@H](CO)O[C@@H](O[C@H]2[C@H](O)[C@@H](O)[C@H](OCCCCCCCC)O[C@@H]2CO)[C@@H]1O. The number of unbranched alkanes of at least 4 members (excludes halogenated alkanes) is 5. The van der Waals surface area contributed by atoms with E-state index < -0.39 is 74.6 Å². The maximum atomic E-state index is 10.7. The molecule has 0 radical (unpaired) electrons. The average Bonchev–Trinajstić information content (AvgIpc) is 2.84. The second-order valence-electron chi connectivity index (χ2n) is 8.74. The van der Waals surface area contributed by atoms with E-state index in [9.17, 15) is 30.6 Å². The number of aliphatic hydroxyl groups is 6. The molecule has 0 spiro atoms. The molecule has 6 N–H and O–H groups in total. The van der Waals surface area contributed by atoms with Gasteiger partial charge >= 0.3 is 0 Å². The lowest BCUT2D eigenvalue weighted by Crippen LogP contribution is -2.65. The van der Waals surface area contributed by atoms with Gasteiger partial charge in [-0.1, -0.05) is 45.1 Å². The van der Waals surface area contributed by atoms with Crippen molar-refractivity contribution in [2.24, 2.45) is 0 Å². The van der Waals surface area contributed by atoms with Crippen LogP contribution in [0.4, 0.5) is 0 Å². The van der Waals surface area contributed by atoms with E-state index in [1.807, 2.05) is 0 Å². The molecule has 2 saturated heterocycles. The van der Waals surface area contributed by atoms with E-state index >= 15 is 0 Å². The lowest BCUT2D eigenvalue weighted by Gasteiger charge is -2.46. The van der Waals surface area contributed by atoms with Gasteiger partial charge in [0.05, 0.1) is 19.8 Å². The molecule has 0 aromatic carbocycles. The predicted molar refractivity (Wildman–Crippen MR) is 120 cm³/mol. The minimum absolute atomic E-state index is 0.0222. The van der Waals surface area contributed by atoms with Crippen LogP contribution < -0.4 is 0 Å². The van der Waals surface area contributed by atoms with Crippen LogP contribution in [0, 0.1) is 0 Å².